The lowest BCUT2D eigenvalue weighted by molar-refractivity contribution is 0.0961. The highest BCUT2D eigenvalue weighted by molar-refractivity contribution is 7.12. The third-order valence-electron chi connectivity index (χ3n) is 2.73. The molecule has 2 N–H and O–H groups in total. The fourth-order valence-electron chi connectivity index (χ4n) is 1.94. The monoisotopic (exact) mass is 239 g/mol. The van der Waals surface area contributed by atoms with Crippen LogP contribution in [-0.4, -0.2) is 12.3 Å². The minimum atomic E-state index is 0.253. The Kier molecular flexibility index (Phi) is 5.16. The van der Waals surface area contributed by atoms with Gasteiger partial charge in [0.1, 0.15) is 0 Å². The van der Waals surface area contributed by atoms with E-state index in [1.807, 2.05) is 18.4 Å². The molecule has 0 amide bonds. The number of ketones is 1. The smallest absolute Gasteiger partial charge is 0.173 e. The Labute approximate surface area is 102 Å². The first-order chi connectivity index (χ1) is 7.54. The van der Waals surface area contributed by atoms with Crippen molar-refractivity contribution in [3.8, 4) is 0 Å². The van der Waals surface area contributed by atoms with E-state index in [2.05, 4.69) is 13.8 Å². The normalized spacial score (nSPS) is 13.1. The predicted molar refractivity (Wildman–Crippen MR) is 70.0 cm³/mol. The van der Waals surface area contributed by atoms with Crippen molar-refractivity contribution < 1.29 is 4.79 Å². The molecule has 0 bridgehead atoms. The van der Waals surface area contributed by atoms with Crippen LogP contribution in [-0.2, 0) is 0 Å². The van der Waals surface area contributed by atoms with Gasteiger partial charge in [0.25, 0.3) is 0 Å². The van der Waals surface area contributed by atoms with Gasteiger partial charge >= 0.3 is 0 Å². The van der Waals surface area contributed by atoms with E-state index in [0.29, 0.717) is 24.8 Å². The summed E-state index contributed by atoms with van der Waals surface area (Å²) >= 11 is 1.54. The van der Waals surface area contributed by atoms with Crippen LogP contribution >= 0.6 is 11.3 Å². The van der Waals surface area contributed by atoms with Gasteiger partial charge in [0.05, 0.1) is 4.88 Å². The summed E-state index contributed by atoms with van der Waals surface area (Å²) in [7, 11) is 0. The molecule has 1 unspecified atom stereocenters. The van der Waals surface area contributed by atoms with E-state index in [9.17, 15) is 4.79 Å². The summed E-state index contributed by atoms with van der Waals surface area (Å²) in [5.74, 6) is 1.18. The molecular formula is C13H21NOS. The summed E-state index contributed by atoms with van der Waals surface area (Å²) in [4.78, 5) is 12.9. The topological polar surface area (TPSA) is 43.1 Å². The summed E-state index contributed by atoms with van der Waals surface area (Å²) in [5, 5.41) is 1.97. The van der Waals surface area contributed by atoms with Crippen molar-refractivity contribution in [3.63, 3.8) is 0 Å². The van der Waals surface area contributed by atoms with Gasteiger partial charge in [-0.25, -0.2) is 0 Å². The molecule has 1 heterocycles. The van der Waals surface area contributed by atoms with Crippen molar-refractivity contribution in [1.29, 1.82) is 0 Å². The Morgan fingerprint density at radius 1 is 1.50 bits per heavy atom. The van der Waals surface area contributed by atoms with Crippen LogP contribution in [0.5, 0.6) is 0 Å². The van der Waals surface area contributed by atoms with E-state index in [1.165, 1.54) is 11.3 Å². The second-order valence-electron chi connectivity index (χ2n) is 4.79. The summed E-state index contributed by atoms with van der Waals surface area (Å²) in [6.07, 6.45) is 1.63. The van der Waals surface area contributed by atoms with Crippen LogP contribution in [0.3, 0.4) is 0 Å². The molecule has 0 saturated heterocycles. The molecule has 1 rings (SSSR count). The molecule has 90 valence electrons. The molecule has 0 aliphatic carbocycles. The molecule has 2 nitrogen and oxygen atoms in total. The maximum atomic E-state index is 12.0. The molecule has 1 atom stereocenters. The molecule has 0 radical (unpaired) electrons. The third kappa shape index (κ3) is 3.72. The Bertz CT molecular complexity index is 343. The Morgan fingerprint density at radius 3 is 2.62 bits per heavy atom. The van der Waals surface area contributed by atoms with Gasteiger partial charge in [-0.05, 0) is 48.7 Å². The molecule has 3 heteroatoms. The first kappa shape index (κ1) is 13.4. The second-order valence-corrected chi connectivity index (χ2v) is 5.71. The van der Waals surface area contributed by atoms with Crippen molar-refractivity contribution >= 4 is 17.1 Å². The van der Waals surface area contributed by atoms with E-state index in [-0.39, 0.29) is 5.78 Å². The summed E-state index contributed by atoms with van der Waals surface area (Å²) in [5.41, 5.74) is 6.80. The average Bonchev–Trinajstić information content (AvgIpc) is 2.62. The number of thiophene rings is 1. The number of hydrogen-bond donors (Lipinski definition) is 1. The van der Waals surface area contributed by atoms with Crippen molar-refractivity contribution in [1.82, 2.24) is 0 Å². The summed E-state index contributed by atoms with van der Waals surface area (Å²) < 4.78 is 0. The molecule has 0 aliphatic heterocycles. The Balaban J connectivity index is 2.59. The highest BCUT2D eigenvalue weighted by atomic mass is 32.1. The first-order valence-electron chi connectivity index (χ1n) is 5.82. The Hall–Kier alpha value is -0.670. The highest BCUT2D eigenvalue weighted by Gasteiger charge is 2.17. The van der Waals surface area contributed by atoms with E-state index >= 15 is 0 Å². The van der Waals surface area contributed by atoms with Gasteiger partial charge in [-0.1, -0.05) is 13.8 Å². The van der Waals surface area contributed by atoms with E-state index in [4.69, 9.17) is 5.73 Å². The quantitative estimate of drug-likeness (QED) is 0.774. The number of Topliss-reactive ketones (excluding diaryl/α,β-unsaturated/α-hetero) is 1. The van der Waals surface area contributed by atoms with Crippen LogP contribution in [0.4, 0.5) is 0 Å². The van der Waals surface area contributed by atoms with Gasteiger partial charge in [-0.3, -0.25) is 4.79 Å². The highest BCUT2D eigenvalue weighted by Crippen LogP contribution is 2.22. The lowest BCUT2D eigenvalue weighted by Crippen LogP contribution is -2.20. The number of carbonyl (C=O) groups excluding carboxylic acids is 1. The van der Waals surface area contributed by atoms with Crippen LogP contribution in [0, 0.1) is 18.8 Å². The van der Waals surface area contributed by atoms with Crippen LogP contribution in [0.15, 0.2) is 11.4 Å². The standard InChI is InChI=1S/C13H21NOS/c1-9(2)6-11(8-14)7-12(15)13-10(3)4-5-16-13/h4-5,9,11H,6-8,14H2,1-3H3. The lowest BCUT2D eigenvalue weighted by Gasteiger charge is -2.15. The molecule has 0 aliphatic rings. The molecule has 1 aromatic rings. The second kappa shape index (κ2) is 6.16. The number of aryl methyl sites for hydroxylation is 1. The van der Waals surface area contributed by atoms with Crippen molar-refractivity contribution in [2.75, 3.05) is 6.54 Å². The summed E-state index contributed by atoms with van der Waals surface area (Å²) in [6, 6.07) is 2.00. The van der Waals surface area contributed by atoms with Gasteiger partial charge in [-0.15, -0.1) is 11.3 Å². The van der Waals surface area contributed by atoms with Gasteiger partial charge in [0, 0.05) is 6.42 Å². The average molecular weight is 239 g/mol. The maximum absolute atomic E-state index is 12.0. The fraction of sp³-hybridized carbons (Fsp3) is 0.615. The molecule has 0 fully saturated rings. The molecule has 0 aromatic carbocycles. The van der Waals surface area contributed by atoms with Crippen LogP contribution < -0.4 is 5.73 Å². The van der Waals surface area contributed by atoms with Crippen LogP contribution in [0.2, 0.25) is 0 Å². The number of hydrogen-bond acceptors (Lipinski definition) is 3. The number of rotatable bonds is 6. The van der Waals surface area contributed by atoms with E-state index < -0.39 is 0 Å². The van der Waals surface area contributed by atoms with Crippen LogP contribution in [0.1, 0.15) is 41.9 Å². The molecule has 0 spiro atoms. The van der Waals surface area contributed by atoms with Crippen molar-refractivity contribution in [2.45, 2.75) is 33.6 Å². The van der Waals surface area contributed by atoms with E-state index in [1.54, 1.807) is 0 Å². The van der Waals surface area contributed by atoms with Crippen molar-refractivity contribution in [3.05, 3.63) is 21.9 Å². The van der Waals surface area contributed by atoms with Gasteiger partial charge < -0.3 is 5.73 Å². The largest absolute Gasteiger partial charge is 0.330 e. The molecule has 1 aromatic heterocycles. The zero-order chi connectivity index (χ0) is 12.1. The first-order valence-corrected chi connectivity index (χ1v) is 6.70. The zero-order valence-corrected chi connectivity index (χ0v) is 11.1. The van der Waals surface area contributed by atoms with Crippen LogP contribution in [0.25, 0.3) is 0 Å². The molecule has 0 saturated carbocycles. The van der Waals surface area contributed by atoms with Gasteiger partial charge in [0.15, 0.2) is 5.78 Å². The van der Waals surface area contributed by atoms with E-state index in [0.717, 1.165) is 16.9 Å². The minimum Gasteiger partial charge on any atom is -0.330 e. The Morgan fingerprint density at radius 2 is 2.19 bits per heavy atom. The molecular weight excluding hydrogens is 218 g/mol. The SMILES string of the molecule is Cc1ccsc1C(=O)CC(CN)CC(C)C. The maximum Gasteiger partial charge on any atom is 0.173 e. The van der Waals surface area contributed by atoms with Gasteiger partial charge in [0.2, 0.25) is 0 Å². The predicted octanol–water partition coefficient (Wildman–Crippen LogP) is 3.25. The fourth-order valence-corrected chi connectivity index (χ4v) is 2.82. The zero-order valence-electron chi connectivity index (χ0n) is 10.3. The van der Waals surface area contributed by atoms with Crippen molar-refractivity contribution in [2.24, 2.45) is 17.6 Å². The lowest BCUT2D eigenvalue weighted by atomic mass is 9.92. The van der Waals surface area contributed by atoms with Gasteiger partial charge in [-0.2, -0.15) is 0 Å². The number of nitrogens with two attached hydrogens (primary N) is 1. The minimum absolute atomic E-state index is 0.253. The third-order valence-corrected chi connectivity index (χ3v) is 3.79. The molecule has 16 heavy (non-hydrogen) atoms. The number of carbonyl (C=O) groups is 1. The summed E-state index contributed by atoms with van der Waals surface area (Å²) in [6.45, 7) is 6.94.